The maximum absolute atomic E-state index is 12.9. The summed E-state index contributed by atoms with van der Waals surface area (Å²) < 4.78 is 7.98. The quantitative estimate of drug-likeness (QED) is 0.336. The molecule has 0 saturated carbocycles. The van der Waals surface area contributed by atoms with Crippen molar-refractivity contribution >= 4 is 11.2 Å². The zero-order valence-electron chi connectivity index (χ0n) is 19.6. The lowest BCUT2D eigenvalue weighted by atomic mass is 9.96. The number of nitrogens with zero attached hydrogens (tertiary/aromatic N) is 3. The Kier molecular flexibility index (Phi) is 7.23. The molecule has 1 unspecified atom stereocenters. The molecule has 0 amide bonds. The lowest BCUT2D eigenvalue weighted by Gasteiger charge is -2.23. The second-order valence-corrected chi connectivity index (χ2v) is 8.77. The van der Waals surface area contributed by atoms with Gasteiger partial charge in [0.2, 0.25) is 0 Å². The molecule has 0 saturated heterocycles. The summed E-state index contributed by atoms with van der Waals surface area (Å²) in [6.45, 7) is 7.09. The van der Waals surface area contributed by atoms with Crippen molar-refractivity contribution in [3.05, 3.63) is 76.8 Å². The van der Waals surface area contributed by atoms with Crippen LogP contribution in [0.4, 0.5) is 0 Å². The molecule has 2 aromatic heterocycles. The van der Waals surface area contributed by atoms with Gasteiger partial charge < -0.3 is 14.3 Å². The van der Waals surface area contributed by atoms with E-state index in [1.165, 1.54) is 5.56 Å². The van der Waals surface area contributed by atoms with Crippen LogP contribution in [0.5, 0.6) is 5.75 Å². The van der Waals surface area contributed by atoms with Gasteiger partial charge in [0.15, 0.2) is 11.2 Å². The SMILES string of the molecule is CCCOc1ccccc1-c1nc2c(ncn2C(CCCc2ccccc2)C(C)C)c(=O)[nH]1. The summed E-state index contributed by atoms with van der Waals surface area (Å²) in [6, 6.07) is 18.4. The summed E-state index contributed by atoms with van der Waals surface area (Å²) in [6.07, 6.45) is 5.74. The first kappa shape index (κ1) is 22.8. The Morgan fingerprint density at radius 1 is 1.06 bits per heavy atom. The number of hydrogen-bond donors (Lipinski definition) is 1. The number of para-hydroxylation sites is 1. The van der Waals surface area contributed by atoms with Crippen LogP contribution in [0.2, 0.25) is 0 Å². The Labute approximate surface area is 194 Å². The molecule has 6 heteroatoms. The number of rotatable bonds is 10. The van der Waals surface area contributed by atoms with Gasteiger partial charge in [0, 0.05) is 6.04 Å². The number of aryl methyl sites for hydroxylation is 1. The molecule has 1 N–H and O–H groups in total. The van der Waals surface area contributed by atoms with Gasteiger partial charge in [-0.3, -0.25) is 4.79 Å². The zero-order valence-corrected chi connectivity index (χ0v) is 19.6. The van der Waals surface area contributed by atoms with Crippen LogP contribution in [0, 0.1) is 5.92 Å². The molecule has 1 atom stereocenters. The first-order chi connectivity index (χ1) is 16.1. The van der Waals surface area contributed by atoms with Gasteiger partial charge in [-0.05, 0) is 49.3 Å². The van der Waals surface area contributed by atoms with Gasteiger partial charge in [-0.1, -0.05) is 63.2 Å². The summed E-state index contributed by atoms with van der Waals surface area (Å²) in [5.74, 6) is 1.60. The molecular formula is C27H32N4O2. The minimum atomic E-state index is -0.231. The Balaban J connectivity index is 1.67. The predicted molar refractivity (Wildman–Crippen MR) is 133 cm³/mol. The van der Waals surface area contributed by atoms with Crippen LogP contribution in [-0.2, 0) is 6.42 Å². The van der Waals surface area contributed by atoms with Gasteiger partial charge in [-0.15, -0.1) is 0 Å². The van der Waals surface area contributed by atoms with E-state index in [1.54, 1.807) is 6.33 Å². The van der Waals surface area contributed by atoms with E-state index < -0.39 is 0 Å². The van der Waals surface area contributed by atoms with E-state index in [0.29, 0.717) is 29.5 Å². The van der Waals surface area contributed by atoms with E-state index in [1.807, 2.05) is 30.3 Å². The van der Waals surface area contributed by atoms with Crippen LogP contribution >= 0.6 is 0 Å². The fraction of sp³-hybridized carbons (Fsp3) is 0.370. The third-order valence-corrected chi connectivity index (χ3v) is 5.97. The zero-order chi connectivity index (χ0) is 23.2. The van der Waals surface area contributed by atoms with Crippen molar-refractivity contribution in [2.24, 2.45) is 5.92 Å². The topological polar surface area (TPSA) is 72.8 Å². The van der Waals surface area contributed by atoms with E-state index >= 15 is 0 Å². The first-order valence-corrected chi connectivity index (χ1v) is 11.8. The third kappa shape index (κ3) is 5.16. The Bertz CT molecular complexity index is 1240. The highest BCUT2D eigenvalue weighted by Crippen LogP contribution is 2.30. The standard InChI is InChI=1S/C27H32N4O2/c1-4-17-33-23-16-9-8-14-21(23)25-29-26-24(27(32)30-25)28-18-31(26)22(19(2)3)15-10-13-20-11-6-5-7-12-20/h5-9,11-12,14,16,18-19,22H,4,10,13,15,17H2,1-3H3,(H,29,30,32). The molecule has 0 bridgehead atoms. The van der Waals surface area contributed by atoms with Gasteiger partial charge in [0.1, 0.15) is 11.6 Å². The maximum Gasteiger partial charge on any atom is 0.279 e. The summed E-state index contributed by atoms with van der Waals surface area (Å²) in [4.78, 5) is 25.1. The Morgan fingerprint density at radius 3 is 2.58 bits per heavy atom. The monoisotopic (exact) mass is 444 g/mol. The number of hydrogen-bond acceptors (Lipinski definition) is 4. The van der Waals surface area contributed by atoms with Gasteiger partial charge >= 0.3 is 0 Å². The summed E-state index contributed by atoms with van der Waals surface area (Å²) in [5.41, 5.74) is 2.89. The molecule has 4 rings (SSSR count). The molecule has 33 heavy (non-hydrogen) atoms. The number of imidazole rings is 1. The van der Waals surface area contributed by atoms with Crippen LogP contribution < -0.4 is 10.3 Å². The van der Waals surface area contributed by atoms with Crippen LogP contribution in [0.3, 0.4) is 0 Å². The molecule has 0 aliphatic heterocycles. The Hall–Kier alpha value is -3.41. The number of benzene rings is 2. The smallest absolute Gasteiger partial charge is 0.279 e. The number of aromatic amines is 1. The van der Waals surface area contributed by atoms with Crippen LogP contribution in [0.25, 0.3) is 22.6 Å². The highest BCUT2D eigenvalue weighted by molar-refractivity contribution is 5.74. The fourth-order valence-corrected chi connectivity index (χ4v) is 4.25. The molecule has 172 valence electrons. The molecule has 4 aromatic rings. The van der Waals surface area contributed by atoms with Crippen LogP contribution in [0.1, 0.15) is 51.6 Å². The Morgan fingerprint density at radius 2 is 1.82 bits per heavy atom. The minimum Gasteiger partial charge on any atom is -0.493 e. The minimum absolute atomic E-state index is 0.201. The van der Waals surface area contributed by atoms with Crippen LogP contribution in [-0.4, -0.2) is 26.1 Å². The molecule has 0 fully saturated rings. The van der Waals surface area contributed by atoms with E-state index in [9.17, 15) is 4.79 Å². The number of fused-ring (bicyclic) bond motifs is 1. The second-order valence-electron chi connectivity index (χ2n) is 8.77. The van der Waals surface area contributed by atoms with Gasteiger partial charge in [0.25, 0.3) is 5.56 Å². The molecule has 0 aliphatic carbocycles. The van der Waals surface area contributed by atoms with Crippen molar-refractivity contribution in [3.8, 4) is 17.1 Å². The summed E-state index contributed by atoms with van der Waals surface area (Å²) in [7, 11) is 0. The number of aromatic nitrogens is 4. The number of nitrogens with one attached hydrogen (secondary N) is 1. The third-order valence-electron chi connectivity index (χ3n) is 5.97. The van der Waals surface area contributed by atoms with Crippen LogP contribution in [0.15, 0.2) is 65.7 Å². The lowest BCUT2D eigenvalue weighted by molar-refractivity contribution is 0.318. The second kappa shape index (κ2) is 10.5. The summed E-state index contributed by atoms with van der Waals surface area (Å²) >= 11 is 0. The molecule has 2 aromatic carbocycles. The van der Waals surface area contributed by atoms with Crippen molar-refractivity contribution in [1.29, 1.82) is 0 Å². The molecule has 0 aliphatic rings. The van der Waals surface area contributed by atoms with Crippen molar-refractivity contribution in [3.63, 3.8) is 0 Å². The van der Waals surface area contributed by atoms with Crippen molar-refractivity contribution in [1.82, 2.24) is 19.5 Å². The highest BCUT2D eigenvalue weighted by Gasteiger charge is 2.21. The van der Waals surface area contributed by atoms with Gasteiger partial charge in [-0.25, -0.2) is 9.97 Å². The lowest BCUT2D eigenvalue weighted by Crippen LogP contribution is -2.17. The normalized spacial score (nSPS) is 12.4. The van der Waals surface area contributed by atoms with Gasteiger partial charge in [-0.2, -0.15) is 0 Å². The highest BCUT2D eigenvalue weighted by atomic mass is 16.5. The average Bonchev–Trinajstić information content (AvgIpc) is 3.25. The fourth-order valence-electron chi connectivity index (χ4n) is 4.25. The number of ether oxygens (including phenoxy) is 1. The average molecular weight is 445 g/mol. The maximum atomic E-state index is 12.9. The molecule has 6 nitrogen and oxygen atoms in total. The van der Waals surface area contributed by atoms with Crippen molar-refractivity contribution < 1.29 is 4.74 Å². The number of H-pyrrole nitrogens is 1. The van der Waals surface area contributed by atoms with Crippen molar-refractivity contribution in [2.45, 2.75) is 52.5 Å². The largest absolute Gasteiger partial charge is 0.493 e. The molecular weight excluding hydrogens is 412 g/mol. The van der Waals surface area contributed by atoms with E-state index in [4.69, 9.17) is 9.72 Å². The molecule has 0 spiro atoms. The van der Waals surface area contributed by atoms with Gasteiger partial charge in [0.05, 0.1) is 18.5 Å². The molecule has 2 heterocycles. The van der Waals surface area contributed by atoms with E-state index in [-0.39, 0.29) is 11.6 Å². The predicted octanol–water partition coefficient (Wildman–Crippen LogP) is 5.80. The first-order valence-electron chi connectivity index (χ1n) is 11.8. The molecule has 0 radical (unpaired) electrons. The van der Waals surface area contributed by atoms with E-state index in [2.05, 4.69) is 59.6 Å². The summed E-state index contributed by atoms with van der Waals surface area (Å²) in [5, 5.41) is 0. The van der Waals surface area contributed by atoms with Crippen molar-refractivity contribution in [2.75, 3.05) is 6.61 Å². The van der Waals surface area contributed by atoms with E-state index in [0.717, 1.165) is 37.0 Å².